The molecule has 2 saturated carbocycles. The highest BCUT2D eigenvalue weighted by atomic mass is 35.5. The van der Waals surface area contributed by atoms with Gasteiger partial charge in [0.25, 0.3) is 0 Å². The third kappa shape index (κ3) is 13.8. The lowest BCUT2D eigenvalue weighted by molar-refractivity contribution is -0.627. The van der Waals surface area contributed by atoms with Crippen LogP contribution in [0.4, 0.5) is 4.39 Å². The van der Waals surface area contributed by atoms with Gasteiger partial charge in [-0.1, -0.05) is 131 Å². The molecule has 2 unspecified atom stereocenters. The smallest absolute Gasteiger partial charge is 0.338 e. The number of thiophene rings is 1. The van der Waals surface area contributed by atoms with Gasteiger partial charge in [0.15, 0.2) is 5.78 Å². The van der Waals surface area contributed by atoms with Crippen molar-refractivity contribution < 1.29 is 56.2 Å². The number of likely N-dealkylation sites (N-methyl/N-ethyl adjacent to an activating group) is 1. The fourth-order valence-electron chi connectivity index (χ4n) is 12.6. The van der Waals surface area contributed by atoms with Crippen LogP contribution >= 0.6 is 22.9 Å². The Balaban J connectivity index is 0.000000167. The van der Waals surface area contributed by atoms with Gasteiger partial charge in [0.1, 0.15) is 29.2 Å². The second kappa shape index (κ2) is 26.3. The molecule has 422 valence electrons. The van der Waals surface area contributed by atoms with Gasteiger partial charge in [0.05, 0.1) is 42.8 Å². The van der Waals surface area contributed by atoms with E-state index in [0.29, 0.717) is 30.1 Å². The molecule has 5 atom stereocenters. The van der Waals surface area contributed by atoms with Crippen molar-refractivity contribution in [2.24, 2.45) is 17.3 Å². The number of esters is 2. The molecule has 80 heavy (non-hydrogen) atoms. The number of rotatable bonds is 15. The number of nitrogens with two attached hydrogens (primary N) is 1. The Labute approximate surface area is 485 Å². The zero-order valence-electron chi connectivity index (χ0n) is 46.4. The topological polar surface area (TPSA) is 145 Å². The number of quaternary nitrogens is 1. The molecule has 2 aromatic heterocycles. The number of hydrogen-bond acceptors (Lipinski definition) is 9. The monoisotopic (exact) mass is 1140 g/mol. The van der Waals surface area contributed by atoms with Crippen molar-refractivity contribution >= 4 is 56.8 Å². The number of nitrogens with zero attached hydrogens (tertiary/aromatic N) is 2. The van der Waals surface area contributed by atoms with E-state index in [1.807, 2.05) is 65.7 Å². The minimum Gasteiger partial charge on any atom is -1.00 e. The van der Waals surface area contributed by atoms with Crippen molar-refractivity contribution in [2.75, 3.05) is 13.6 Å². The number of aliphatic hydroxyl groups is 2. The second-order valence-corrected chi connectivity index (χ2v) is 24.4. The summed E-state index contributed by atoms with van der Waals surface area (Å²) in [6, 6.07) is 37.7. The lowest BCUT2D eigenvalue weighted by Crippen LogP contribution is -3.00. The van der Waals surface area contributed by atoms with E-state index in [1.165, 1.54) is 59.5 Å². The number of benzene rings is 5. The van der Waals surface area contributed by atoms with Crippen LogP contribution in [0.3, 0.4) is 0 Å². The Morgan fingerprint density at radius 3 is 2.36 bits per heavy atom. The molecule has 2 fully saturated rings. The summed E-state index contributed by atoms with van der Waals surface area (Å²) in [5, 5.41) is 33.5. The van der Waals surface area contributed by atoms with Gasteiger partial charge in [0, 0.05) is 23.6 Å². The molecule has 0 amide bonds. The summed E-state index contributed by atoms with van der Waals surface area (Å²) >= 11 is 7.84. The van der Waals surface area contributed by atoms with Crippen LogP contribution in [0, 0.1) is 23.1 Å². The maximum Gasteiger partial charge on any atom is 0.338 e. The third-order valence-corrected chi connectivity index (χ3v) is 18.2. The Morgan fingerprint density at radius 2 is 1.65 bits per heavy atom. The average molecular weight is 1140 g/mol. The van der Waals surface area contributed by atoms with E-state index < -0.39 is 11.7 Å². The Hall–Kier alpha value is -5.99. The Kier molecular flexibility index (Phi) is 19.8. The lowest BCUT2D eigenvalue weighted by atomic mass is 9.57. The van der Waals surface area contributed by atoms with Gasteiger partial charge in [-0.15, -0.1) is 22.9 Å². The number of ether oxygens (including phenoxy) is 2. The molecule has 0 spiro atoms. The van der Waals surface area contributed by atoms with E-state index >= 15 is 0 Å². The van der Waals surface area contributed by atoms with E-state index in [0.717, 1.165) is 84.3 Å². The Morgan fingerprint density at radius 1 is 0.938 bits per heavy atom. The van der Waals surface area contributed by atoms with Gasteiger partial charge in [0.2, 0.25) is 0 Å². The summed E-state index contributed by atoms with van der Waals surface area (Å²) in [4.78, 5) is 36.1. The number of carbonyl (C=O) groups excluding carboxylic acids is 3. The van der Waals surface area contributed by atoms with Crippen LogP contribution in [-0.4, -0.2) is 56.9 Å². The van der Waals surface area contributed by atoms with Crippen LogP contribution in [0.5, 0.6) is 5.75 Å². The third-order valence-electron chi connectivity index (χ3n) is 16.8. The number of hydrogen-bond donors (Lipinski definition) is 3. The first-order valence-electron chi connectivity index (χ1n) is 27.9. The van der Waals surface area contributed by atoms with Gasteiger partial charge in [-0.05, 0) is 154 Å². The van der Waals surface area contributed by atoms with Crippen LogP contribution in [0.2, 0.25) is 0 Å². The number of allylic oxidation sites excluding steroid dienone is 1. The number of halogens is 3. The molecule has 11 rings (SSSR count). The molecule has 7 aromatic rings. The first-order valence-corrected chi connectivity index (χ1v) is 29.2. The predicted octanol–water partition coefficient (Wildman–Crippen LogP) is 10.3. The largest absolute Gasteiger partial charge is 1.00 e. The molecule has 3 heterocycles. The molecule has 10 nitrogen and oxygen atoms in total. The quantitative estimate of drug-likeness (QED) is 0.0523. The van der Waals surface area contributed by atoms with E-state index in [-0.39, 0.29) is 71.1 Å². The fourth-order valence-corrected chi connectivity index (χ4v) is 13.9. The molecular weight excluding hydrogens is 1070 g/mol. The van der Waals surface area contributed by atoms with Crippen molar-refractivity contribution in [3.8, 4) is 11.4 Å². The normalized spacial score (nSPS) is 19.1. The first kappa shape index (κ1) is 60.1. The summed E-state index contributed by atoms with van der Waals surface area (Å²) in [5.41, 5.74) is 8.15. The molecule has 0 saturated heterocycles. The van der Waals surface area contributed by atoms with Crippen LogP contribution in [-0.2, 0) is 39.2 Å². The van der Waals surface area contributed by atoms with Crippen LogP contribution in [0.25, 0.3) is 21.8 Å². The zero-order valence-corrected chi connectivity index (χ0v) is 48.8. The van der Waals surface area contributed by atoms with E-state index in [1.54, 1.807) is 41.7 Å². The Bertz CT molecular complexity index is 3280. The average Bonchev–Trinajstić information content (AvgIpc) is 4.17. The molecule has 0 radical (unpaired) electrons. The van der Waals surface area contributed by atoms with Crippen molar-refractivity contribution in [3.05, 3.63) is 189 Å². The second-order valence-electron chi connectivity index (χ2n) is 22.9. The van der Waals surface area contributed by atoms with E-state index in [2.05, 4.69) is 73.7 Å². The van der Waals surface area contributed by atoms with Crippen molar-refractivity contribution in [3.63, 3.8) is 0 Å². The van der Waals surface area contributed by atoms with Gasteiger partial charge >= 0.3 is 11.9 Å². The summed E-state index contributed by atoms with van der Waals surface area (Å²) in [5.74, 6) is 0.0973. The minimum atomic E-state index is -1.38. The van der Waals surface area contributed by atoms with Crippen molar-refractivity contribution in [1.29, 1.82) is 0 Å². The van der Waals surface area contributed by atoms with Crippen LogP contribution < -0.4 is 22.5 Å². The summed E-state index contributed by atoms with van der Waals surface area (Å²) < 4.78 is 26.6. The molecule has 0 bridgehead atoms. The maximum atomic E-state index is 13.6. The number of cyclic esters (lactones) is 1. The maximum absolute atomic E-state index is 13.6. The highest BCUT2D eigenvalue weighted by molar-refractivity contribution is 7.17. The molecular formula is C66H74Cl2FN3O7S. The van der Waals surface area contributed by atoms with Gasteiger partial charge < -0.3 is 37.4 Å². The molecule has 3 aliphatic carbocycles. The standard InChI is InChI=1S/C28H34O4.C27H25FN2OS.C11H14ClNO2.ClH/c1-27(2,23-11-7-4-8-12-23)19-28(31,17-20-9-5-3-6-10-20)25(29)16-21-13-14-24-22(15-21)18-32-26(24)30;1-27-14-17-15-29-30(20-11-9-19(28)10-12-20)24(17)13-18(27)5-4-7-23(27)26(31)22-16-32-25-8-3-2-6-21(22)25;1-8(14)15-10-5-3-9(4-6-10)11(12)7-13-2;/h4,7-8,11-15,20,31H,3,5-6,9-10,16-19H2,1-2H3;2-3,6,8-13,15-16,23,26,31H,4-5,7,14H2,1H3;3-6,11,13H,7H2,1-2H3;1H/t;23-,26+,27+;;/m.1../s1. The minimum absolute atomic E-state index is 0. The summed E-state index contributed by atoms with van der Waals surface area (Å²) in [6.45, 7) is 9.00. The first-order chi connectivity index (χ1) is 37.9. The number of fused-ring (bicyclic) bond motifs is 4. The number of aromatic nitrogens is 2. The van der Waals surface area contributed by atoms with E-state index in [4.69, 9.17) is 21.1 Å². The van der Waals surface area contributed by atoms with Gasteiger partial charge in [-0.2, -0.15) is 5.10 Å². The van der Waals surface area contributed by atoms with Crippen molar-refractivity contribution in [1.82, 2.24) is 9.78 Å². The van der Waals surface area contributed by atoms with Gasteiger partial charge in [-0.3, -0.25) is 9.59 Å². The number of carbonyl (C=O) groups is 3. The number of alkyl halides is 1. The van der Waals surface area contributed by atoms with E-state index in [9.17, 15) is 29.0 Å². The summed E-state index contributed by atoms with van der Waals surface area (Å²) in [6.07, 6.45) is 14.6. The number of ketones is 1. The number of Topliss-reactive ketones (excluding diaryl/α,β-unsaturated/α-hetero) is 1. The van der Waals surface area contributed by atoms with Crippen LogP contribution in [0.1, 0.15) is 153 Å². The molecule has 1 aliphatic heterocycles. The highest BCUT2D eigenvalue weighted by Gasteiger charge is 2.47. The zero-order chi connectivity index (χ0) is 55.9. The molecule has 14 heteroatoms. The predicted molar refractivity (Wildman–Crippen MR) is 311 cm³/mol. The lowest BCUT2D eigenvalue weighted by Gasteiger charge is -2.47. The highest BCUT2D eigenvalue weighted by Crippen LogP contribution is 2.55. The van der Waals surface area contributed by atoms with Crippen molar-refractivity contribution in [2.45, 2.75) is 134 Å². The fraction of sp³-hybridized carbons (Fsp3) is 0.394. The molecule has 4 aliphatic rings. The van der Waals surface area contributed by atoms with Gasteiger partial charge in [-0.25, -0.2) is 13.9 Å². The SMILES string of the molecule is CC(C)(CC(O)(CC1CCCCC1)C(=O)Cc1ccc2c(c1)COC2=O)c1ccccc1.C[C@]12Cc3cnn(-c4ccc(F)cc4)c3C=C1CCC[C@@H]2[C@@H](O)c1csc2ccccc12.C[NH2+]CC(Cl)c1ccc(OC(C)=O)cc1.[Cl-]. The molecule has 5 aromatic carbocycles. The molecule has 4 N–H and O–H groups in total. The van der Waals surface area contributed by atoms with Crippen LogP contribution in [0.15, 0.2) is 138 Å². The summed E-state index contributed by atoms with van der Waals surface area (Å²) in [7, 11) is 1.97. The number of aliphatic hydroxyl groups excluding tert-OH is 1.